The summed E-state index contributed by atoms with van der Waals surface area (Å²) in [5, 5.41) is 3.55. The summed E-state index contributed by atoms with van der Waals surface area (Å²) >= 11 is 1.94. The van der Waals surface area contributed by atoms with E-state index in [0.717, 1.165) is 12.1 Å². The third-order valence-corrected chi connectivity index (χ3v) is 5.46. The van der Waals surface area contributed by atoms with Crippen LogP contribution in [0, 0.1) is 5.82 Å². The molecular weight excluding hydrogens is 281 g/mol. The molecule has 0 spiro atoms. The van der Waals surface area contributed by atoms with Crippen LogP contribution in [-0.2, 0) is 12.8 Å². The van der Waals surface area contributed by atoms with E-state index in [2.05, 4.69) is 18.3 Å². The van der Waals surface area contributed by atoms with Gasteiger partial charge in [-0.2, -0.15) is 0 Å². The van der Waals surface area contributed by atoms with Crippen LogP contribution >= 0.6 is 11.3 Å². The summed E-state index contributed by atoms with van der Waals surface area (Å²) in [6.07, 6.45) is 6.42. The molecule has 0 fully saturated rings. The van der Waals surface area contributed by atoms with Crippen molar-refractivity contribution in [1.82, 2.24) is 5.32 Å². The second kappa shape index (κ2) is 6.71. The number of hydrogen-bond acceptors (Lipinski definition) is 2. The van der Waals surface area contributed by atoms with Gasteiger partial charge in [-0.3, -0.25) is 0 Å². The molecular formula is C18H22FNS. The molecule has 0 amide bonds. The van der Waals surface area contributed by atoms with Crippen molar-refractivity contribution >= 4 is 11.3 Å². The van der Waals surface area contributed by atoms with Crippen molar-refractivity contribution in [2.75, 3.05) is 6.54 Å². The van der Waals surface area contributed by atoms with E-state index >= 15 is 0 Å². The highest BCUT2D eigenvalue weighted by Gasteiger charge is 2.19. The summed E-state index contributed by atoms with van der Waals surface area (Å²) in [6, 6.07) is 9.46. The molecule has 0 bridgehead atoms. The summed E-state index contributed by atoms with van der Waals surface area (Å²) in [6.45, 7) is 3.03. The predicted octanol–water partition coefficient (Wildman–Crippen LogP) is 4.86. The van der Waals surface area contributed by atoms with Gasteiger partial charge in [0, 0.05) is 9.75 Å². The molecule has 3 rings (SSSR count). The summed E-state index contributed by atoms with van der Waals surface area (Å²) in [7, 11) is 0. The van der Waals surface area contributed by atoms with Gasteiger partial charge in [-0.25, -0.2) is 4.39 Å². The average molecular weight is 303 g/mol. The molecule has 0 saturated carbocycles. The van der Waals surface area contributed by atoms with Crippen LogP contribution in [-0.4, -0.2) is 6.54 Å². The first-order chi connectivity index (χ1) is 10.3. The fourth-order valence-corrected chi connectivity index (χ4v) is 4.44. The average Bonchev–Trinajstić information content (AvgIpc) is 2.76. The Kier molecular flexibility index (Phi) is 4.71. The Morgan fingerprint density at radius 1 is 1.14 bits per heavy atom. The number of thiophene rings is 1. The molecule has 1 N–H and O–H groups in total. The van der Waals surface area contributed by atoms with Gasteiger partial charge in [0.2, 0.25) is 0 Å². The van der Waals surface area contributed by atoms with Crippen LogP contribution in [0.3, 0.4) is 0 Å². The maximum absolute atomic E-state index is 13.2. The Morgan fingerprint density at radius 3 is 2.67 bits per heavy atom. The number of hydrogen-bond donors (Lipinski definition) is 1. The van der Waals surface area contributed by atoms with Gasteiger partial charge in [0.1, 0.15) is 5.82 Å². The van der Waals surface area contributed by atoms with Crippen LogP contribution in [0.1, 0.15) is 53.1 Å². The molecule has 1 aliphatic carbocycles. The number of benzene rings is 1. The maximum atomic E-state index is 13.2. The second-order valence-electron chi connectivity index (χ2n) is 5.70. The second-order valence-corrected chi connectivity index (χ2v) is 6.87. The molecule has 1 aromatic heterocycles. The smallest absolute Gasteiger partial charge is 0.123 e. The lowest BCUT2D eigenvalue weighted by atomic mass is 10.0. The zero-order chi connectivity index (χ0) is 14.7. The van der Waals surface area contributed by atoms with Crippen LogP contribution in [0.15, 0.2) is 30.3 Å². The van der Waals surface area contributed by atoms with E-state index in [4.69, 9.17) is 0 Å². The van der Waals surface area contributed by atoms with Crippen molar-refractivity contribution in [2.24, 2.45) is 0 Å². The lowest BCUT2D eigenvalue weighted by Crippen LogP contribution is -2.21. The normalized spacial score (nSPS) is 16.3. The number of fused-ring (bicyclic) bond motifs is 1. The van der Waals surface area contributed by atoms with E-state index < -0.39 is 0 Å². The van der Waals surface area contributed by atoms with Crippen molar-refractivity contribution in [2.45, 2.75) is 45.1 Å². The molecule has 2 aromatic rings. The first-order valence-electron chi connectivity index (χ1n) is 7.88. The largest absolute Gasteiger partial charge is 0.306 e. The lowest BCUT2D eigenvalue weighted by molar-refractivity contribution is 0.617. The lowest BCUT2D eigenvalue weighted by Gasteiger charge is -2.17. The standard InChI is InChI=1S/C18H22FNS/c1-2-20-18(13-8-10-15(19)11-9-13)17-12-14-6-4-3-5-7-16(14)21-17/h8-12,18,20H,2-7H2,1H3. The van der Waals surface area contributed by atoms with Gasteiger partial charge in [0.15, 0.2) is 0 Å². The minimum absolute atomic E-state index is 0.170. The van der Waals surface area contributed by atoms with E-state index in [0.29, 0.717) is 0 Å². The van der Waals surface area contributed by atoms with Crippen LogP contribution in [0.25, 0.3) is 0 Å². The Hall–Kier alpha value is -1.19. The van der Waals surface area contributed by atoms with E-state index in [9.17, 15) is 4.39 Å². The Morgan fingerprint density at radius 2 is 1.90 bits per heavy atom. The van der Waals surface area contributed by atoms with Gasteiger partial charge in [0.25, 0.3) is 0 Å². The Bertz CT molecular complexity index is 564. The zero-order valence-corrected chi connectivity index (χ0v) is 13.3. The molecule has 0 radical (unpaired) electrons. The van der Waals surface area contributed by atoms with Crippen LogP contribution in [0.5, 0.6) is 0 Å². The first kappa shape index (κ1) is 14.7. The topological polar surface area (TPSA) is 12.0 Å². The third kappa shape index (κ3) is 3.35. The van der Waals surface area contributed by atoms with Gasteiger partial charge in [-0.05, 0) is 61.6 Å². The Labute approximate surface area is 130 Å². The molecule has 1 atom stereocenters. The Balaban J connectivity index is 1.92. The fraction of sp³-hybridized carbons (Fsp3) is 0.444. The van der Waals surface area contributed by atoms with E-state index in [1.165, 1.54) is 42.5 Å². The van der Waals surface area contributed by atoms with Gasteiger partial charge in [0.05, 0.1) is 6.04 Å². The molecule has 1 heterocycles. The minimum Gasteiger partial charge on any atom is -0.306 e. The molecule has 0 aliphatic heterocycles. The molecule has 1 unspecified atom stereocenters. The van der Waals surface area contributed by atoms with Crippen LogP contribution < -0.4 is 5.32 Å². The van der Waals surface area contributed by atoms with Gasteiger partial charge in [-0.15, -0.1) is 11.3 Å². The number of nitrogens with one attached hydrogen (secondary N) is 1. The van der Waals surface area contributed by atoms with E-state index in [1.54, 1.807) is 17.0 Å². The van der Waals surface area contributed by atoms with Crippen molar-refractivity contribution in [3.8, 4) is 0 Å². The van der Waals surface area contributed by atoms with Crippen molar-refractivity contribution < 1.29 is 4.39 Å². The van der Waals surface area contributed by atoms with Gasteiger partial charge < -0.3 is 5.32 Å². The predicted molar refractivity (Wildman–Crippen MR) is 87.5 cm³/mol. The van der Waals surface area contributed by atoms with E-state index in [1.807, 2.05) is 23.5 Å². The number of halogens is 1. The van der Waals surface area contributed by atoms with E-state index in [-0.39, 0.29) is 11.9 Å². The third-order valence-electron chi connectivity index (χ3n) is 4.16. The van der Waals surface area contributed by atoms with Crippen molar-refractivity contribution in [1.29, 1.82) is 0 Å². The molecule has 3 heteroatoms. The summed E-state index contributed by atoms with van der Waals surface area (Å²) in [5.74, 6) is -0.170. The molecule has 1 aliphatic rings. The number of rotatable bonds is 4. The highest BCUT2D eigenvalue weighted by atomic mass is 32.1. The van der Waals surface area contributed by atoms with Gasteiger partial charge >= 0.3 is 0 Å². The summed E-state index contributed by atoms with van der Waals surface area (Å²) in [5.41, 5.74) is 2.69. The fourth-order valence-electron chi connectivity index (χ4n) is 3.07. The highest BCUT2D eigenvalue weighted by molar-refractivity contribution is 7.12. The molecule has 1 nitrogen and oxygen atoms in total. The molecule has 0 saturated heterocycles. The maximum Gasteiger partial charge on any atom is 0.123 e. The SMILES string of the molecule is CCNC(c1ccc(F)cc1)c1cc2c(s1)CCCCC2. The molecule has 1 aromatic carbocycles. The minimum atomic E-state index is -0.170. The quantitative estimate of drug-likeness (QED) is 0.796. The molecule has 21 heavy (non-hydrogen) atoms. The van der Waals surface area contributed by atoms with Crippen LogP contribution in [0.2, 0.25) is 0 Å². The molecule has 112 valence electrons. The van der Waals surface area contributed by atoms with Crippen molar-refractivity contribution in [3.05, 3.63) is 57.0 Å². The zero-order valence-electron chi connectivity index (χ0n) is 12.5. The summed E-state index contributed by atoms with van der Waals surface area (Å²) in [4.78, 5) is 2.93. The van der Waals surface area contributed by atoms with Crippen LogP contribution in [0.4, 0.5) is 4.39 Å². The number of aryl methyl sites for hydroxylation is 2. The van der Waals surface area contributed by atoms with Gasteiger partial charge in [-0.1, -0.05) is 25.5 Å². The monoisotopic (exact) mass is 303 g/mol. The summed E-state index contributed by atoms with van der Waals surface area (Å²) < 4.78 is 13.2. The van der Waals surface area contributed by atoms with Crippen molar-refractivity contribution in [3.63, 3.8) is 0 Å². The first-order valence-corrected chi connectivity index (χ1v) is 8.70. The highest BCUT2D eigenvalue weighted by Crippen LogP contribution is 2.34.